The third-order valence-electron chi connectivity index (χ3n) is 8.08. The summed E-state index contributed by atoms with van der Waals surface area (Å²) in [5, 5.41) is 2.92. The average Bonchev–Trinajstić information content (AvgIpc) is 3.27. The molecular formula is C34H35BN2P+. The zero-order valence-electron chi connectivity index (χ0n) is 23.2. The molecule has 0 spiro atoms. The standard InChI is InChI=1S/C32H29BN2P.C2H6/c1-21-19-22(2)32(23(3)20-21)33-30-17-9-13-26(34(30)4)24-11-5-7-15-28(24)36-29-16-8-6-12-25(29)27-14-10-18-31(33)35(27)36;1-2/h5-20,27H,1-4H3;1-2H3/q+1;. The van der Waals surface area contributed by atoms with E-state index in [-0.39, 0.29) is 12.8 Å². The lowest BCUT2D eigenvalue weighted by molar-refractivity contribution is -0.642. The molecule has 2 nitrogen and oxygen atoms in total. The van der Waals surface area contributed by atoms with Crippen LogP contribution in [0, 0.1) is 20.8 Å². The molecule has 3 aliphatic rings. The number of aryl methyl sites for hydroxylation is 3. The zero-order chi connectivity index (χ0) is 26.6. The molecule has 3 aromatic carbocycles. The van der Waals surface area contributed by atoms with Gasteiger partial charge in [0, 0.05) is 22.3 Å². The maximum atomic E-state index is 2.78. The molecule has 3 aliphatic heterocycles. The van der Waals surface area contributed by atoms with Crippen LogP contribution in [0.2, 0.25) is 0 Å². The molecule has 0 saturated heterocycles. The molecule has 0 radical (unpaired) electrons. The van der Waals surface area contributed by atoms with E-state index in [1.54, 1.807) is 0 Å². The van der Waals surface area contributed by atoms with E-state index in [1.165, 1.54) is 60.8 Å². The van der Waals surface area contributed by atoms with E-state index in [0.717, 1.165) is 0 Å². The average molecular weight is 513 g/mol. The van der Waals surface area contributed by atoms with Crippen LogP contribution in [-0.2, 0) is 7.05 Å². The van der Waals surface area contributed by atoms with Gasteiger partial charge in [-0.2, -0.15) is 0 Å². The molecule has 188 valence electrons. The van der Waals surface area contributed by atoms with Crippen molar-refractivity contribution in [2.45, 2.75) is 40.7 Å². The summed E-state index contributed by atoms with van der Waals surface area (Å²) in [7, 11) is 1.53. The van der Waals surface area contributed by atoms with Crippen molar-refractivity contribution in [3.8, 4) is 11.3 Å². The minimum atomic E-state index is -0.725. The first-order valence-corrected chi connectivity index (χ1v) is 15.1. The Hall–Kier alpha value is -3.42. The summed E-state index contributed by atoms with van der Waals surface area (Å²) in [5.41, 5.74) is 12.3. The summed E-state index contributed by atoms with van der Waals surface area (Å²) in [6, 6.07) is 30.1. The van der Waals surface area contributed by atoms with Crippen LogP contribution in [0.1, 0.15) is 42.1 Å². The van der Waals surface area contributed by atoms with E-state index < -0.39 is 8.07 Å². The Labute approximate surface area is 229 Å². The molecule has 0 amide bonds. The molecule has 0 N–H and O–H groups in total. The molecule has 1 aromatic heterocycles. The molecule has 4 heterocycles. The number of aromatic nitrogens is 1. The Morgan fingerprint density at radius 2 is 1.50 bits per heavy atom. The zero-order valence-corrected chi connectivity index (χ0v) is 24.1. The van der Waals surface area contributed by atoms with Gasteiger partial charge in [0.2, 0.25) is 5.69 Å². The summed E-state index contributed by atoms with van der Waals surface area (Å²) >= 11 is 0. The van der Waals surface area contributed by atoms with Crippen molar-refractivity contribution >= 4 is 36.5 Å². The normalized spacial score (nSPS) is 18.2. The van der Waals surface area contributed by atoms with Crippen LogP contribution in [0.5, 0.6) is 0 Å². The van der Waals surface area contributed by atoms with Gasteiger partial charge in [-0.1, -0.05) is 115 Å². The van der Waals surface area contributed by atoms with Gasteiger partial charge in [-0.25, -0.2) is 4.57 Å². The molecule has 4 heteroatoms. The second kappa shape index (κ2) is 9.72. The lowest BCUT2D eigenvalue weighted by atomic mass is 9.38. The van der Waals surface area contributed by atoms with Gasteiger partial charge >= 0.3 is 6.71 Å². The van der Waals surface area contributed by atoms with Gasteiger partial charge in [0.1, 0.15) is 12.6 Å². The molecule has 2 bridgehead atoms. The number of rotatable bonds is 1. The monoisotopic (exact) mass is 513 g/mol. The molecule has 2 atom stereocenters. The Morgan fingerprint density at radius 1 is 0.816 bits per heavy atom. The summed E-state index contributed by atoms with van der Waals surface area (Å²) in [6.07, 6.45) is 7.08. The Bertz CT molecular complexity index is 1600. The Balaban J connectivity index is 0.00000129. The number of benzene rings is 3. The van der Waals surface area contributed by atoms with Crippen LogP contribution in [-0.4, -0.2) is 11.4 Å². The molecule has 0 aliphatic carbocycles. The van der Waals surface area contributed by atoms with Crippen LogP contribution in [0.25, 0.3) is 11.3 Å². The minimum absolute atomic E-state index is 0.150. The van der Waals surface area contributed by atoms with Crippen molar-refractivity contribution in [1.82, 2.24) is 4.67 Å². The summed E-state index contributed by atoms with van der Waals surface area (Å²) in [5.74, 6) is 0. The second-order valence-electron chi connectivity index (χ2n) is 10.3. The molecule has 0 saturated carbocycles. The van der Waals surface area contributed by atoms with Gasteiger partial charge < -0.3 is 4.67 Å². The van der Waals surface area contributed by atoms with E-state index in [1.807, 2.05) is 13.8 Å². The SMILES string of the molecule is CC.Cc1cc(C)c(B2C3=CC=CC4c5ccccc5P(c5ccccc5-c5cccc2[n+]5C)N34)c(C)c1. The first kappa shape index (κ1) is 24.9. The largest absolute Gasteiger partial charge is 0.345 e. The third-order valence-corrected chi connectivity index (χ3v) is 10.7. The summed E-state index contributed by atoms with van der Waals surface area (Å²) < 4.78 is 5.22. The minimum Gasteiger partial charge on any atom is -0.343 e. The number of nitrogens with zero attached hydrogens (tertiary/aromatic N) is 2. The molecule has 2 unspecified atom stereocenters. The van der Waals surface area contributed by atoms with E-state index in [0.29, 0.717) is 0 Å². The van der Waals surface area contributed by atoms with E-state index in [4.69, 9.17) is 0 Å². The molecular weight excluding hydrogens is 478 g/mol. The van der Waals surface area contributed by atoms with Gasteiger partial charge in [-0.3, -0.25) is 0 Å². The van der Waals surface area contributed by atoms with Crippen LogP contribution in [0.4, 0.5) is 0 Å². The van der Waals surface area contributed by atoms with Gasteiger partial charge in [-0.15, -0.1) is 0 Å². The highest BCUT2D eigenvalue weighted by atomic mass is 31.1. The predicted molar refractivity (Wildman–Crippen MR) is 165 cm³/mol. The lowest BCUT2D eigenvalue weighted by Gasteiger charge is -2.38. The lowest BCUT2D eigenvalue weighted by Crippen LogP contribution is -2.63. The highest BCUT2D eigenvalue weighted by Crippen LogP contribution is 2.57. The van der Waals surface area contributed by atoms with Crippen LogP contribution < -0.4 is 26.2 Å². The van der Waals surface area contributed by atoms with Crippen molar-refractivity contribution in [2.24, 2.45) is 7.05 Å². The fourth-order valence-electron chi connectivity index (χ4n) is 6.70. The fraction of sp³-hybridized carbons (Fsp3) is 0.206. The molecule has 38 heavy (non-hydrogen) atoms. The first-order chi connectivity index (χ1) is 18.5. The molecule has 4 aromatic rings. The fourth-order valence-corrected chi connectivity index (χ4v) is 9.61. The molecule has 0 fully saturated rings. The number of allylic oxidation sites excluding steroid dienone is 2. The van der Waals surface area contributed by atoms with Crippen molar-refractivity contribution in [2.75, 3.05) is 0 Å². The number of hydrogen-bond acceptors (Lipinski definition) is 1. The summed E-state index contributed by atoms with van der Waals surface area (Å²) in [6.45, 7) is 10.9. The van der Waals surface area contributed by atoms with Gasteiger partial charge in [0.05, 0.1) is 19.7 Å². The van der Waals surface area contributed by atoms with Crippen molar-refractivity contribution in [1.29, 1.82) is 0 Å². The highest BCUT2D eigenvalue weighted by molar-refractivity contribution is 7.71. The Kier molecular flexibility index (Phi) is 6.36. The maximum Gasteiger partial charge on any atom is 0.345 e. The quantitative estimate of drug-likeness (QED) is 0.187. The summed E-state index contributed by atoms with van der Waals surface area (Å²) in [4.78, 5) is 0. The third kappa shape index (κ3) is 3.63. The number of hydrogen-bond donors (Lipinski definition) is 0. The van der Waals surface area contributed by atoms with Crippen molar-refractivity contribution in [3.05, 3.63) is 125 Å². The van der Waals surface area contributed by atoms with Gasteiger partial charge in [-0.05, 0) is 38.5 Å². The van der Waals surface area contributed by atoms with E-state index in [2.05, 4.69) is 134 Å². The molecule has 7 rings (SSSR count). The second-order valence-corrected chi connectivity index (χ2v) is 12.3. The Morgan fingerprint density at radius 3 is 2.26 bits per heavy atom. The van der Waals surface area contributed by atoms with Crippen LogP contribution >= 0.6 is 8.07 Å². The topological polar surface area (TPSA) is 7.12 Å². The predicted octanol–water partition coefficient (Wildman–Crippen LogP) is 5.45. The van der Waals surface area contributed by atoms with Crippen molar-refractivity contribution in [3.63, 3.8) is 0 Å². The number of fused-ring (bicyclic) bond motifs is 8. The van der Waals surface area contributed by atoms with E-state index in [9.17, 15) is 0 Å². The number of pyridine rings is 1. The van der Waals surface area contributed by atoms with Gasteiger partial charge in [0.15, 0.2) is 0 Å². The van der Waals surface area contributed by atoms with Crippen molar-refractivity contribution < 1.29 is 4.57 Å². The van der Waals surface area contributed by atoms with Crippen LogP contribution in [0.15, 0.2) is 103 Å². The van der Waals surface area contributed by atoms with Gasteiger partial charge in [0.25, 0.3) is 0 Å². The van der Waals surface area contributed by atoms with Crippen LogP contribution in [0.3, 0.4) is 0 Å². The smallest absolute Gasteiger partial charge is 0.343 e. The highest BCUT2D eigenvalue weighted by Gasteiger charge is 2.48. The first-order valence-electron chi connectivity index (χ1n) is 13.8. The maximum absolute atomic E-state index is 2.78. The van der Waals surface area contributed by atoms with E-state index >= 15 is 0 Å².